The van der Waals surface area contributed by atoms with Crippen molar-refractivity contribution in [3.8, 4) is 11.4 Å². The molecular formula is C16H17FN6O3S. The second kappa shape index (κ2) is 6.48. The quantitative estimate of drug-likeness (QED) is 0.626. The molecule has 2 aromatic heterocycles. The summed E-state index contributed by atoms with van der Waals surface area (Å²) in [6.45, 7) is 3.11. The first-order valence-electron chi connectivity index (χ1n) is 8.43. The van der Waals surface area contributed by atoms with Crippen molar-refractivity contribution < 1.29 is 17.3 Å². The predicted molar refractivity (Wildman–Crippen MR) is 91.6 cm³/mol. The minimum absolute atomic E-state index is 0.0589. The molecule has 142 valence electrons. The largest absolute Gasteiger partial charge is 0.338 e. The van der Waals surface area contributed by atoms with Crippen LogP contribution in [0.1, 0.15) is 48.3 Å². The fraction of sp³-hybridized carbons (Fsp3) is 0.438. The van der Waals surface area contributed by atoms with Crippen LogP contribution in [0.25, 0.3) is 11.4 Å². The van der Waals surface area contributed by atoms with E-state index in [1.165, 1.54) is 13.0 Å². The number of benzene rings is 1. The van der Waals surface area contributed by atoms with E-state index in [0.29, 0.717) is 17.0 Å². The summed E-state index contributed by atoms with van der Waals surface area (Å²) in [5.41, 5.74) is 0.905. The van der Waals surface area contributed by atoms with Gasteiger partial charge in [-0.1, -0.05) is 17.3 Å². The number of sulfone groups is 1. The average molecular weight is 392 g/mol. The zero-order valence-corrected chi connectivity index (χ0v) is 15.5. The van der Waals surface area contributed by atoms with Crippen LogP contribution in [0, 0.1) is 12.7 Å². The molecule has 1 fully saturated rings. The van der Waals surface area contributed by atoms with E-state index in [9.17, 15) is 12.8 Å². The van der Waals surface area contributed by atoms with E-state index in [1.54, 1.807) is 23.7 Å². The van der Waals surface area contributed by atoms with Gasteiger partial charge in [0.25, 0.3) is 0 Å². The summed E-state index contributed by atoms with van der Waals surface area (Å²) in [7, 11) is -3.68. The van der Waals surface area contributed by atoms with Gasteiger partial charge in [0.2, 0.25) is 11.7 Å². The van der Waals surface area contributed by atoms with Gasteiger partial charge in [-0.05, 0) is 48.7 Å². The summed E-state index contributed by atoms with van der Waals surface area (Å²) in [6, 6.07) is 4.70. The topological polar surface area (TPSA) is 117 Å². The molecular weight excluding hydrogens is 375 g/mol. The molecule has 1 atom stereocenters. The lowest BCUT2D eigenvalue weighted by atomic mass is 10.1. The van der Waals surface area contributed by atoms with Gasteiger partial charge in [0.05, 0.1) is 6.04 Å². The fourth-order valence-electron chi connectivity index (χ4n) is 2.62. The average Bonchev–Trinajstić information content (AvgIpc) is 3.17. The fourth-order valence-corrected chi connectivity index (χ4v) is 3.82. The molecule has 11 heteroatoms. The third-order valence-corrected chi connectivity index (χ3v) is 6.48. The van der Waals surface area contributed by atoms with Crippen LogP contribution in [-0.2, 0) is 15.6 Å². The molecule has 1 unspecified atom stereocenters. The van der Waals surface area contributed by atoms with E-state index in [1.807, 2.05) is 0 Å². The third-order valence-electron chi connectivity index (χ3n) is 4.54. The Kier molecular flexibility index (Phi) is 4.25. The van der Waals surface area contributed by atoms with E-state index >= 15 is 0 Å². The zero-order valence-electron chi connectivity index (χ0n) is 14.7. The number of aromatic nitrogens is 6. The maximum Gasteiger partial charge on any atom is 0.245 e. The van der Waals surface area contributed by atoms with Crippen molar-refractivity contribution in [2.75, 3.05) is 0 Å². The number of rotatable bonds is 6. The second-order valence-electron chi connectivity index (χ2n) is 6.64. The maximum atomic E-state index is 13.7. The first-order valence-corrected chi connectivity index (χ1v) is 10.1. The van der Waals surface area contributed by atoms with Crippen LogP contribution in [0.5, 0.6) is 0 Å². The molecule has 0 N–H and O–H groups in total. The standard InChI is InChI=1S/C16H17FN6O3S/c1-9-3-4-11(7-13(9)17)15-18-16(26-20-15)10(2)27(24,25)8-14-19-21-22-23(14)12-5-6-12/h3-4,7,10,12H,5-6,8H2,1-2H3. The number of hydrogen-bond acceptors (Lipinski definition) is 8. The lowest BCUT2D eigenvalue weighted by molar-refractivity contribution is 0.376. The maximum absolute atomic E-state index is 13.7. The number of halogens is 1. The van der Waals surface area contributed by atoms with E-state index in [2.05, 4.69) is 25.7 Å². The zero-order chi connectivity index (χ0) is 19.2. The van der Waals surface area contributed by atoms with Crippen LogP contribution in [0.2, 0.25) is 0 Å². The molecule has 0 amide bonds. The number of nitrogens with zero attached hydrogens (tertiary/aromatic N) is 6. The first-order chi connectivity index (χ1) is 12.8. The summed E-state index contributed by atoms with van der Waals surface area (Å²) < 4.78 is 45.9. The normalized spacial score (nSPS) is 15.8. The highest BCUT2D eigenvalue weighted by Gasteiger charge is 2.33. The summed E-state index contributed by atoms with van der Waals surface area (Å²) in [6.07, 6.45) is 1.88. The number of hydrogen-bond donors (Lipinski definition) is 0. The van der Waals surface area contributed by atoms with Crippen molar-refractivity contribution in [1.82, 2.24) is 30.3 Å². The Morgan fingerprint density at radius 3 is 2.85 bits per heavy atom. The van der Waals surface area contributed by atoms with Gasteiger partial charge in [0, 0.05) is 5.56 Å². The first kappa shape index (κ1) is 17.7. The molecule has 1 aliphatic carbocycles. The summed E-state index contributed by atoms with van der Waals surface area (Å²) in [4.78, 5) is 4.13. The van der Waals surface area contributed by atoms with Crippen LogP contribution in [-0.4, -0.2) is 38.8 Å². The summed E-state index contributed by atoms with van der Waals surface area (Å²) >= 11 is 0. The summed E-state index contributed by atoms with van der Waals surface area (Å²) in [5.74, 6) is -0.351. The molecule has 1 aromatic carbocycles. The van der Waals surface area contributed by atoms with Crippen molar-refractivity contribution in [3.63, 3.8) is 0 Å². The van der Waals surface area contributed by atoms with Gasteiger partial charge in [-0.3, -0.25) is 0 Å². The third kappa shape index (κ3) is 3.46. The smallest absolute Gasteiger partial charge is 0.245 e. The lowest BCUT2D eigenvalue weighted by Crippen LogP contribution is -2.16. The highest BCUT2D eigenvalue weighted by Crippen LogP contribution is 2.35. The molecule has 1 saturated carbocycles. The Balaban J connectivity index is 1.56. The van der Waals surface area contributed by atoms with E-state index < -0.39 is 20.9 Å². The highest BCUT2D eigenvalue weighted by molar-refractivity contribution is 7.90. The van der Waals surface area contributed by atoms with Gasteiger partial charge in [-0.15, -0.1) is 5.10 Å². The van der Waals surface area contributed by atoms with Crippen molar-refractivity contribution in [3.05, 3.63) is 41.3 Å². The van der Waals surface area contributed by atoms with E-state index in [4.69, 9.17) is 4.52 Å². The Hall–Kier alpha value is -2.69. The Bertz CT molecular complexity index is 1090. The predicted octanol–water partition coefficient (Wildman–Crippen LogP) is 2.18. The van der Waals surface area contributed by atoms with Gasteiger partial charge in [0.15, 0.2) is 15.7 Å². The van der Waals surface area contributed by atoms with Gasteiger partial charge >= 0.3 is 0 Å². The minimum Gasteiger partial charge on any atom is -0.338 e. The Morgan fingerprint density at radius 1 is 1.37 bits per heavy atom. The monoisotopic (exact) mass is 392 g/mol. The van der Waals surface area contributed by atoms with Crippen LogP contribution in [0.3, 0.4) is 0 Å². The summed E-state index contributed by atoms with van der Waals surface area (Å²) in [5, 5.41) is 14.0. The molecule has 27 heavy (non-hydrogen) atoms. The highest BCUT2D eigenvalue weighted by atomic mass is 32.2. The molecule has 0 aliphatic heterocycles. The molecule has 0 saturated heterocycles. The molecule has 0 bridgehead atoms. The SMILES string of the molecule is Cc1ccc(-c2noc(C(C)S(=O)(=O)Cc3nnnn3C3CC3)n2)cc1F. The van der Waals surface area contributed by atoms with Gasteiger partial charge in [-0.25, -0.2) is 17.5 Å². The van der Waals surface area contributed by atoms with E-state index in [0.717, 1.165) is 12.8 Å². The van der Waals surface area contributed by atoms with Crippen molar-refractivity contribution in [2.24, 2.45) is 0 Å². The second-order valence-corrected chi connectivity index (χ2v) is 8.96. The Labute approximate surface area is 154 Å². The van der Waals surface area contributed by atoms with Crippen LogP contribution in [0.4, 0.5) is 4.39 Å². The lowest BCUT2D eigenvalue weighted by Gasteiger charge is -2.08. The van der Waals surface area contributed by atoms with Crippen LogP contribution in [0.15, 0.2) is 22.7 Å². The molecule has 9 nitrogen and oxygen atoms in total. The number of aryl methyl sites for hydroxylation is 1. The number of tetrazole rings is 1. The Morgan fingerprint density at radius 2 is 2.15 bits per heavy atom. The van der Waals surface area contributed by atoms with E-state index in [-0.39, 0.29) is 23.5 Å². The van der Waals surface area contributed by atoms with Crippen molar-refractivity contribution in [2.45, 2.75) is 43.7 Å². The molecule has 0 spiro atoms. The molecule has 0 radical (unpaired) electrons. The van der Waals surface area contributed by atoms with Gasteiger partial charge in [-0.2, -0.15) is 4.98 Å². The molecule has 1 aliphatic rings. The van der Waals surface area contributed by atoms with Crippen LogP contribution >= 0.6 is 0 Å². The molecule has 2 heterocycles. The molecule has 3 aromatic rings. The van der Waals surface area contributed by atoms with Gasteiger partial charge < -0.3 is 4.52 Å². The van der Waals surface area contributed by atoms with Crippen LogP contribution < -0.4 is 0 Å². The van der Waals surface area contributed by atoms with Crippen molar-refractivity contribution >= 4 is 9.84 Å². The van der Waals surface area contributed by atoms with Crippen molar-refractivity contribution in [1.29, 1.82) is 0 Å². The minimum atomic E-state index is -3.68. The molecule has 4 rings (SSSR count). The van der Waals surface area contributed by atoms with Gasteiger partial charge in [0.1, 0.15) is 16.8 Å².